The van der Waals surface area contributed by atoms with Crippen LogP contribution in [0.3, 0.4) is 0 Å². The van der Waals surface area contributed by atoms with Crippen molar-refractivity contribution >= 4 is 28.8 Å². The lowest BCUT2D eigenvalue weighted by Crippen LogP contribution is -3.00. The third kappa shape index (κ3) is 3.66. The summed E-state index contributed by atoms with van der Waals surface area (Å²) in [7, 11) is 0. The van der Waals surface area contributed by atoms with Gasteiger partial charge in [-0.3, -0.25) is 10.1 Å². The van der Waals surface area contributed by atoms with E-state index < -0.39 is 10.6 Å². The number of nitro groups is 1. The van der Waals surface area contributed by atoms with Gasteiger partial charge in [-0.25, -0.2) is 9.48 Å². The molecule has 1 N–H and O–H groups in total. The molecule has 2 aliphatic heterocycles. The van der Waals surface area contributed by atoms with Gasteiger partial charge >= 0.3 is 0 Å². The molecule has 0 aromatic heterocycles. The molecule has 2 aromatic carbocycles. The smallest absolute Gasteiger partial charge is 0.271 e. The summed E-state index contributed by atoms with van der Waals surface area (Å²) >= 11 is 6.03. The SMILES string of the molecule is O=[N+]([O-])c1cccc(C2(O)CN(c3ccc(Cl)cc3)C3=[N+]2CCCCC3)c1.[Br-]. The summed E-state index contributed by atoms with van der Waals surface area (Å²) in [5, 5.41) is 23.6. The number of nitrogens with zero attached hydrogens (tertiary/aromatic N) is 3. The van der Waals surface area contributed by atoms with E-state index in [-0.39, 0.29) is 22.7 Å². The van der Waals surface area contributed by atoms with Crippen molar-refractivity contribution in [1.82, 2.24) is 0 Å². The molecule has 2 heterocycles. The molecule has 6 nitrogen and oxygen atoms in total. The van der Waals surface area contributed by atoms with Crippen molar-refractivity contribution < 1.29 is 31.6 Å². The van der Waals surface area contributed by atoms with Gasteiger partial charge in [0.25, 0.3) is 17.2 Å². The molecule has 148 valence electrons. The Bertz CT molecular complexity index is 919. The minimum Gasteiger partial charge on any atom is -1.00 e. The van der Waals surface area contributed by atoms with Gasteiger partial charge in [0.1, 0.15) is 5.69 Å². The number of anilines is 1. The summed E-state index contributed by atoms with van der Waals surface area (Å²) < 4.78 is 2.02. The Morgan fingerprint density at radius 2 is 1.89 bits per heavy atom. The Hall–Kier alpha value is -1.96. The third-order valence-electron chi connectivity index (χ3n) is 5.39. The fraction of sp³-hybridized carbons (Fsp3) is 0.350. The van der Waals surface area contributed by atoms with Crippen LogP contribution in [0.1, 0.15) is 31.2 Å². The van der Waals surface area contributed by atoms with Crippen molar-refractivity contribution in [3.05, 3.63) is 69.2 Å². The van der Waals surface area contributed by atoms with E-state index in [4.69, 9.17) is 11.6 Å². The Labute approximate surface area is 179 Å². The van der Waals surface area contributed by atoms with E-state index >= 15 is 0 Å². The predicted octanol–water partition coefficient (Wildman–Crippen LogP) is 0.902. The van der Waals surface area contributed by atoms with Crippen LogP contribution in [0.5, 0.6) is 0 Å². The van der Waals surface area contributed by atoms with Crippen LogP contribution in [-0.2, 0) is 5.72 Å². The highest BCUT2D eigenvalue weighted by Crippen LogP contribution is 2.36. The summed E-state index contributed by atoms with van der Waals surface area (Å²) in [6.07, 6.45) is 4.00. The maximum Gasteiger partial charge on any atom is 0.271 e. The molecule has 0 spiro atoms. The second-order valence-electron chi connectivity index (χ2n) is 7.07. The highest BCUT2D eigenvalue weighted by atomic mass is 79.9. The van der Waals surface area contributed by atoms with E-state index in [9.17, 15) is 15.2 Å². The maximum absolute atomic E-state index is 11.7. The molecule has 0 radical (unpaired) electrons. The first-order valence-corrected chi connectivity index (χ1v) is 9.51. The minimum absolute atomic E-state index is 0. The Morgan fingerprint density at radius 3 is 2.61 bits per heavy atom. The van der Waals surface area contributed by atoms with E-state index in [2.05, 4.69) is 4.90 Å². The van der Waals surface area contributed by atoms with Gasteiger partial charge in [0.05, 0.1) is 11.5 Å². The quantitative estimate of drug-likeness (QED) is 0.415. The average molecular weight is 467 g/mol. The molecule has 0 amide bonds. The van der Waals surface area contributed by atoms with Gasteiger partial charge in [-0.05, 0) is 43.5 Å². The zero-order chi connectivity index (χ0) is 19.0. The minimum atomic E-state index is -1.30. The fourth-order valence-corrected chi connectivity index (χ4v) is 4.17. The van der Waals surface area contributed by atoms with E-state index in [0.29, 0.717) is 17.1 Å². The van der Waals surface area contributed by atoms with Gasteiger partial charge in [0, 0.05) is 29.1 Å². The topological polar surface area (TPSA) is 69.6 Å². The van der Waals surface area contributed by atoms with E-state index in [1.54, 1.807) is 12.1 Å². The summed E-state index contributed by atoms with van der Waals surface area (Å²) in [4.78, 5) is 12.9. The molecule has 2 aromatic rings. The molecular formula is C20H21BrClN3O3. The molecule has 1 unspecified atom stereocenters. The molecule has 0 fully saturated rings. The number of β-amino-alcohol motifs (C(OH)–C–C–N with tert-alkyl or cyclic N) is 1. The van der Waals surface area contributed by atoms with Gasteiger partial charge in [0.2, 0.25) is 0 Å². The van der Waals surface area contributed by atoms with Crippen LogP contribution >= 0.6 is 11.6 Å². The van der Waals surface area contributed by atoms with Crippen molar-refractivity contribution in [1.29, 1.82) is 0 Å². The van der Waals surface area contributed by atoms with Crippen molar-refractivity contribution in [2.24, 2.45) is 0 Å². The summed E-state index contributed by atoms with van der Waals surface area (Å²) in [5.74, 6) is 1.06. The summed E-state index contributed by atoms with van der Waals surface area (Å²) in [5.41, 5.74) is 0.197. The van der Waals surface area contributed by atoms with Crippen molar-refractivity contribution in [2.75, 3.05) is 18.0 Å². The summed E-state index contributed by atoms with van der Waals surface area (Å²) in [6.45, 7) is 1.05. The van der Waals surface area contributed by atoms with Gasteiger partial charge in [-0.2, -0.15) is 0 Å². The van der Waals surface area contributed by atoms with Crippen LogP contribution < -0.4 is 21.9 Å². The Balaban J connectivity index is 0.00000225. The Kier molecular flexibility index (Phi) is 6.07. The second-order valence-corrected chi connectivity index (χ2v) is 7.50. The van der Waals surface area contributed by atoms with Crippen molar-refractivity contribution in [3.63, 3.8) is 0 Å². The zero-order valence-electron chi connectivity index (χ0n) is 15.2. The van der Waals surface area contributed by atoms with Crippen LogP contribution in [0.25, 0.3) is 0 Å². The molecular weight excluding hydrogens is 446 g/mol. The van der Waals surface area contributed by atoms with Crippen LogP contribution in [-0.4, -0.2) is 33.5 Å². The molecule has 0 saturated heterocycles. The van der Waals surface area contributed by atoms with Crippen LogP contribution in [0.2, 0.25) is 5.02 Å². The van der Waals surface area contributed by atoms with Crippen LogP contribution in [0.4, 0.5) is 11.4 Å². The van der Waals surface area contributed by atoms with E-state index in [1.807, 2.05) is 28.8 Å². The Morgan fingerprint density at radius 1 is 1.14 bits per heavy atom. The average Bonchev–Trinajstić information content (AvgIpc) is 2.83. The van der Waals surface area contributed by atoms with Crippen molar-refractivity contribution in [3.8, 4) is 0 Å². The molecule has 0 bridgehead atoms. The van der Waals surface area contributed by atoms with Gasteiger partial charge in [0.15, 0.2) is 6.54 Å². The second kappa shape index (κ2) is 8.19. The number of hydrogen-bond donors (Lipinski definition) is 1. The highest BCUT2D eigenvalue weighted by Gasteiger charge is 2.52. The fourth-order valence-electron chi connectivity index (χ4n) is 4.05. The number of amidine groups is 1. The largest absolute Gasteiger partial charge is 1.00 e. The first kappa shape index (κ1) is 20.8. The molecule has 0 saturated carbocycles. The first-order valence-electron chi connectivity index (χ1n) is 9.13. The number of hydrogen-bond acceptors (Lipinski definition) is 4. The molecule has 2 aliphatic rings. The van der Waals surface area contributed by atoms with E-state index in [0.717, 1.165) is 43.8 Å². The lowest BCUT2D eigenvalue weighted by molar-refractivity contribution is -0.658. The monoisotopic (exact) mass is 465 g/mol. The number of benzene rings is 2. The summed E-state index contributed by atoms with van der Waals surface area (Å²) in [6, 6.07) is 13.9. The number of halogens is 2. The van der Waals surface area contributed by atoms with Crippen LogP contribution in [0, 0.1) is 10.1 Å². The molecule has 1 atom stereocenters. The zero-order valence-corrected chi connectivity index (χ0v) is 17.6. The van der Waals surface area contributed by atoms with Crippen LogP contribution in [0.15, 0.2) is 48.5 Å². The predicted molar refractivity (Wildman–Crippen MR) is 104 cm³/mol. The molecule has 28 heavy (non-hydrogen) atoms. The number of non-ortho nitro benzene ring substituents is 1. The standard InChI is InChI=1S/C20H21ClN3O3.BrH/c21-16-8-10-17(11-9-16)22-14-20(25,23-12-3-1-2-7-19(22)23)15-5-4-6-18(13-15)24(26)27;/h4-6,8-11,13,25H,1-3,7,12,14H2;1H/q+1;/p-1. The number of nitro benzene ring substituents is 1. The molecule has 4 rings (SSSR count). The molecule has 0 aliphatic carbocycles. The molecule has 8 heteroatoms. The van der Waals surface area contributed by atoms with Gasteiger partial charge < -0.3 is 22.1 Å². The third-order valence-corrected chi connectivity index (χ3v) is 5.64. The lowest BCUT2D eigenvalue weighted by atomic mass is 10.0. The first-order chi connectivity index (χ1) is 13.0. The van der Waals surface area contributed by atoms with E-state index in [1.165, 1.54) is 12.1 Å². The van der Waals surface area contributed by atoms with Gasteiger partial charge in [-0.1, -0.05) is 23.7 Å². The maximum atomic E-state index is 11.7. The lowest BCUT2D eigenvalue weighted by Gasteiger charge is -2.23. The normalized spacial score (nSPS) is 21.7. The highest BCUT2D eigenvalue weighted by molar-refractivity contribution is 6.30. The van der Waals surface area contributed by atoms with Crippen molar-refractivity contribution in [2.45, 2.75) is 31.4 Å². The van der Waals surface area contributed by atoms with Gasteiger partial charge in [-0.15, -0.1) is 0 Å². The number of aliphatic hydroxyl groups is 1. The number of rotatable bonds is 3.